The molecule has 1 atom stereocenters. The second-order valence-electron chi connectivity index (χ2n) is 7.23. The zero-order valence-electron chi connectivity index (χ0n) is 16.7. The molecule has 0 aliphatic rings. The van der Waals surface area contributed by atoms with Gasteiger partial charge in [0.1, 0.15) is 5.52 Å². The largest absolute Gasteiger partial charge is 0.436 e. The minimum Gasteiger partial charge on any atom is -0.436 e. The van der Waals surface area contributed by atoms with Crippen LogP contribution in [-0.4, -0.2) is 11.2 Å². The average molecular weight is 408 g/mol. The Morgan fingerprint density at radius 3 is 2.60 bits per heavy atom. The topological polar surface area (TPSA) is 26.0 Å². The first kappa shape index (κ1) is 18.7. The summed E-state index contributed by atoms with van der Waals surface area (Å²) in [6, 6.07) is 29.3. The highest BCUT2D eigenvalue weighted by Crippen LogP contribution is 2.43. The third kappa shape index (κ3) is 3.21. The Kier molecular flexibility index (Phi) is 4.89. The van der Waals surface area contributed by atoms with Crippen molar-refractivity contribution in [3.63, 3.8) is 0 Å². The third-order valence-corrected chi connectivity index (χ3v) is 6.43. The molecule has 1 heterocycles. The zero-order valence-corrected chi connectivity index (χ0v) is 17.5. The smallest absolute Gasteiger partial charge is 0.228 e. The lowest BCUT2D eigenvalue weighted by Crippen LogP contribution is -2.00. The van der Waals surface area contributed by atoms with Crippen LogP contribution in [0.5, 0.6) is 0 Å². The molecule has 0 radical (unpaired) electrons. The summed E-state index contributed by atoms with van der Waals surface area (Å²) in [7, 11) is 0. The van der Waals surface area contributed by atoms with Crippen LogP contribution < -0.4 is 0 Å². The molecule has 2 nitrogen and oxygen atoms in total. The van der Waals surface area contributed by atoms with Crippen LogP contribution in [0, 0.1) is 0 Å². The lowest BCUT2D eigenvalue weighted by atomic mass is 9.93. The van der Waals surface area contributed by atoms with E-state index in [1.165, 1.54) is 16.5 Å². The second kappa shape index (κ2) is 7.85. The first-order valence-electron chi connectivity index (χ1n) is 9.91. The number of hydrogen-bond donors (Lipinski definition) is 0. The number of fused-ring (bicyclic) bond motifs is 2. The molecule has 0 aliphatic carbocycles. The summed E-state index contributed by atoms with van der Waals surface area (Å²) in [5.74, 6) is 0.668. The van der Waals surface area contributed by atoms with Crippen LogP contribution in [0.3, 0.4) is 0 Å². The van der Waals surface area contributed by atoms with E-state index in [4.69, 9.17) is 9.40 Å². The number of oxazole rings is 1. The first-order chi connectivity index (χ1) is 14.8. The van der Waals surface area contributed by atoms with Gasteiger partial charge in [-0.2, -0.15) is 11.8 Å². The van der Waals surface area contributed by atoms with Crippen LogP contribution in [0.15, 0.2) is 95.9 Å². The highest BCUT2D eigenvalue weighted by Gasteiger charge is 2.23. The zero-order chi connectivity index (χ0) is 20.5. The SMILES string of the molecule is C=Cc1cccc(C(SC)c2ccc3ccccc3c2-c2nc3ccccc3o2)c1. The molecule has 1 aromatic heterocycles. The van der Waals surface area contributed by atoms with Gasteiger partial charge in [-0.05, 0) is 45.9 Å². The van der Waals surface area contributed by atoms with Gasteiger partial charge in [0.25, 0.3) is 0 Å². The standard InChI is InChI=1S/C27H21NOS/c1-3-18-9-8-11-20(17-18)26(30-2)22-16-15-19-10-4-5-12-21(19)25(22)27-28-23-13-6-7-14-24(23)29-27/h3-17,26H,1H2,2H3. The predicted octanol–water partition coefficient (Wildman–Crippen LogP) is 7.74. The van der Waals surface area contributed by atoms with Crippen LogP contribution in [0.2, 0.25) is 0 Å². The van der Waals surface area contributed by atoms with Gasteiger partial charge in [-0.25, -0.2) is 4.98 Å². The number of nitrogens with zero attached hydrogens (tertiary/aromatic N) is 1. The van der Waals surface area contributed by atoms with Crippen molar-refractivity contribution in [2.75, 3.05) is 6.26 Å². The van der Waals surface area contributed by atoms with Crippen LogP contribution in [-0.2, 0) is 0 Å². The third-order valence-electron chi connectivity index (χ3n) is 5.44. The summed E-state index contributed by atoms with van der Waals surface area (Å²) in [5.41, 5.74) is 6.31. The van der Waals surface area contributed by atoms with Crippen LogP contribution >= 0.6 is 11.8 Å². The minimum absolute atomic E-state index is 0.152. The van der Waals surface area contributed by atoms with Crippen molar-refractivity contribution in [1.29, 1.82) is 0 Å². The number of rotatable bonds is 5. The van der Waals surface area contributed by atoms with Gasteiger partial charge in [0.15, 0.2) is 5.58 Å². The molecule has 0 amide bonds. The van der Waals surface area contributed by atoms with E-state index < -0.39 is 0 Å². The van der Waals surface area contributed by atoms with Gasteiger partial charge >= 0.3 is 0 Å². The lowest BCUT2D eigenvalue weighted by Gasteiger charge is -2.20. The maximum absolute atomic E-state index is 6.24. The molecule has 1 unspecified atom stereocenters. The highest BCUT2D eigenvalue weighted by atomic mass is 32.2. The Morgan fingerprint density at radius 2 is 1.77 bits per heavy atom. The fourth-order valence-electron chi connectivity index (χ4n) is 4.02. The van der Waals surface area contributed by atoms with Crippen molar-refractivity contribution in [2.24, 2.45) is 0 Å². The van der Waals surface area contributed by atoms with Crippen LogP contribution in [0.25, 0.3) is 39.4 Å². The van der Waals surface area contributed by atoms with Gasteiger partial charge in [-0.3, -0.25) is 0 Å². The fraction of sp³-hybridized carbons (Fsp3) is 0.0741. The van der Waals surface area contributed by atoms with E-state index in [1.54, 1.807) is 0 Å². The van der Waals surface area contributed by atoms with Crippen molar-refractivity contribution in [2.45, 2.75) is 5.25 Å². The lowest BCUT2D eigenvalue weighted by molar-refractivity contribution is 0.620. The summed E-state index contributed by atoms with van der Waals surface area (Å²) >= 11 is 1.82. The molecule has 0 saturated heterocycles. The fourth-order valence-corrected chi connectivity index (χ4v) is 4.89. The molecular formula is C27H21NOS. The Labute approximate surface area is 180 Å². The van der Waals surface area contributed by atoms with Crippen molar-refractivity contribution in [3.05, 3.63) is 108 Å². The van der Waals surface area contributed by atoms with Crippen molar-refractivity contribution in [1.82, 2.24) is 4.98 Å². The molecule has 4 aromatic carbocycles. The quantitative estimate of drug-likeness (QED) is 0.298. The Balaban J connectivity index is 1.79. The van der Waals surface area contributed by atoms with E-state index in [1.807, 2.05) is 42.1 Å². The monoisotopic (exact) mass is 407 g/mol. The normalized spacial score (nSPS) is 12.3. The Morgan fingerprint density at radius 1 is 0.933 bits per heavy atom. The van der Waals surface area contributed by atoms with Crippen molar-refractivity contribution >= 4 is 39.7 Å². The van der Waals surface area contributed by atoms with Crippen LogP contribution in [0.4, 0.5) is 0 Å². The van der Waals surface area contributed by atoms with E-state index >= 15 is 0 Å². The molecule has 30 heavy (non-hydrogen) atoms. The summed E-state index contributed by atoms with van der Waals surface area (Å²) in [5, 5.41) is 2.48. The Hall–Kier alpha value is -3.30. The van der Waals surface area contributed by atoms with E-state index in [-0.39, 0.29) is 5.25 Å². The van der Waals surface area contributed by atoms with E-state index in [0.29, 0.717) is 5.89 Å². The van der Waals surface area contributed by atoms with Gasteiger partial charge in [0.05, 0.1) is 5.25 Å². The highest BCUT2D eigenvalue weighted by molar-refractivity contribution is 7.99. The van der Waals surface area contributed by atoms with E-state index in [0.717, 1.165) is 27.6 Å². The average Bonchev–Trinajstić information content (AvgIpc) is 3.23. The predicted molar refractivity (Wildman–Crippen MR) is 129 cm³/mol. The molecule has 0 bridgehead atoms. The molecule has 5 aromatic rings. The number of aromatic nitrogens is 1. The summed E-state index contributed by atoms with van der Waals surface area (Å²) in [4.78, 5) is 4.85. The summed E-state index contributed by atoms with van der Waals surface area (Å²) < 4.78 is 6.24. The Bertz CT molecular complexity index is 1330. The summed E-state index contributed by atoms with van der Waals surface area (Å²) in [6.45, 7) is 3.93. The number of hydrogen-bond acceptors (Lipinski definition) is 3. The van der Waals surface area contributed by atoms with E-state index in [9.17, 15) is 0 Å². The van der Waals surface area contributed by atoms with Gasteiger partial charge in [0.2, 0.25) is 5.89 Å². The van der Waals surface area contributed by atoms with Crippen molar-refractivity contribution in [3.8, 4) is 11.5 Å². The molecule has 0 spiro atoms. The minimum atomic E-state index is 0.152. The molecule has 146 valence electrons. The molecule has 0 fully saturated rings. The van der Waals surface area contributed by atoms with Crippen molar-refractivity contribution < 1.29 is 4.42 Å². The van der Waals surface area contributed by atoms with Gasteiger partial charge in [-0.1, -0.05) is 85.5 Å². The van der Waals surface area contributed by atoms with E-state index in [2.05, 4.69) is 73.5 Å². The van der Waals surface area contributed by atoms with Crippen LogP contribution in [0.1, 0.15) is 21.9 Å². The van der Waals surface area contributed by atoms with Gasteiger partial charge in [-0.15, -0.1) is 0 Å². The van der Waals surface area contributed by atoms with Gasteiger partial charge < -0.3 is 4.42 Å². The molecule has 0 saturated carbocycles. The number of para-hydroxylation sites is 2. The molecule has 5 rings (SSSR count). The maximum Gasteiger partial charge on any atom is 0.228 e. The molecular weight excluding hydrogens is 386 g/mol. The number of benzene rings is 4. The number of thioether (sulfide) groups is 1. The summed E-state index contributed by atoms with van der Waals surface area (Å²) in [6.07, 6.45) is 4.04. The molecule has 0 N–H and O–H groups in total. The van der Waals surface area contributed by atoms with Gasteiger partial charge in [0, 0.05) is 5.56 Å². The first-order valence-corrected chi connectivity index (χ1v) is 11.2. The maximum atomic E-state index is 6.24. The molecule has 0 aliphatic heterocycles. The molecule has 3 heteroatoms. The second-order valence-corrected chi connectivity index (χ2v) is 8.17.